The van der Waals surface area contributed by atoms with Crippen LogP contribution in [0.25, 0.3) is 5.69 Å². The van der Waals surface area contributed by atoms with Crippen LogP contribution in [0.4, 0.5) is 4.39 Å². The molecule has 0 atom stereocenters. The molecule has 5 rings (SSSR count). The largest absolute Gasteiger partial charge is 0.349 e. The SMILES string of the molecule is CSc1ncc(C(=O)N(Cc2ccc(C(=O)NC3CC3)cc2)C2CC2)n1-c1ccc(F)cc1. The van der Waals surface area contributed by atoms with E-state index in [0.717, 1.165) is 31.2 Å². The lowest BCUT2D eigenvalue weighted by Crippen LogP contribution is -2.34. The van der Waals surface area contributed by atoms with Crippen LogP contribution in [0.5, 0.6) is 0 Å². The summed E-state index contributed by atoms with van der Waals surface area (Å²) in [6.45, 7) is 0.456. The third-order valence-corrected chi connectivity index (χ3v) is 6.60. The fourth-order valence-electron chi connectivity index (χ4n) is 3.82. The van der Waals surface area contributed by atoms with Gasteiger partial charge >= 0.3 is 0 Å². The zero-order chi connectivity index (χ0) is 22.9. The molecule has 0 bridgehead atoms. The summed E-state index contributed by atoms with van der Waals surface area (Å²) < 4.78 is 15.3. The zero-order valence-corrected chi connectivity index (χ0v) is 19.1. The van der Waals surface area contributed by atoms with E-state index in [0.29, 0.717) is 34.7 Å². The molecule has 0 unspecified atom stereocenters. The molecular formula is C25H25FN4O2S. The van der Waals surface area contributed by atoms with Gasteiger partial charge in [-0.25, -0.2) is 9.37 Å². The minimum Gasteiger partial charge on any atom is -0.349 e. The van der Waals surface area contributed by atoms with Gasteiger partial charge in [-0.05, 0) is 73.9 Å². The van der Waals surface area contributed by atoms with Crippen molar-refractivity contribution in [2.24, 2.45) is 0 Å². The van der Waals surface area contributed by atoms with E-state index in [-0.39, 0.29) is 23.7 Å². The lowest BCUT2D eigenvalue weighted by molar-refractivity contribution is 0.0720. The second-order valence-electron chi connectivity index (χ2n) is 8.55. The van der Waals surface area contributed by atoms with E-state index in [4.69, 9.17) is 0 Å². The van der Waals surface area contributed by atoms with Gasteiger partial charge in [0, 0.05) is 29.9 Å². The number of rotatable bonds is 8. The van der Waals surface area contributed by atoms with Crippen LogP contribution in [0.2, 0.25) is 0 Å². The Kier molecular flexibility index (Phi) is 5.93. The molecule has 6 nitrogen and oxygen atoms in total. The van der Waals surface area contributed by atoms with Crippen LogP contribution in [-0.2, 0) is 6.54 Å². The number of aromatic nitrogens is 2. The quantitative estimate of drug-likeness (QED) is 0.501. The molecule has 170 valence electrons. The van der Waals surface area contributed by atoms with Gasteiger partial charge in [-0.15, -0.1) is 0 Å². The summed E-state index contributed by atoms with van der Waals surface area (Å²) in [5.74, 6) is -0.483. The van der Waals surface area contributed by atoms with Gasteiger partial charge in [0.05, 0.1) is 6.20 Å². The van der Waals surface area contributed by atoms with Gasteiger partial charge < -0.3 is 10.2 Å². The van der Waals surface area contributed by atoms with Crippen molar-refractivity contribution < 1.29 is 14.0 Å². The Morgan fingerprint density at radius 2 is 1.79 bits per heavy atom. The van der Waals surface area contributed by atoms with E-state index in [2.05, 4.69) is 10.3 Å². The molecule has 2 fully saturated rings. The molecular weight excluding hydrogens is 439 g/mol. The maximum Gasteiger partial charge on any atom is 0.273 e. The van der Waals surface area contributed by atoms with Crippen molar-refractivity contribution >= 4 is 23.6 Å². The van der Waals surface area contributed by atoms with Crippen LogP contribution in [0.3, 0.4) is 0 Å². The van der Waals surface area contributed by atoms with Crippen molar-refractivity contribution in [3.05, 3.63) is 77.4 Å². The molecule has 2 amide bonds. The third kappa shape index (κ3) is 4.80. The summed E-state index contributed by atoms with van der Waals surface area (Å²) in [5, 5.41) is 3.67. The van der Waals surface area contributed by atoms with E-state index in [1.165, 1.54) is 23.9 Å². The molecule has 1 heterocycles. The molecule has 0 aliphatic heterocycles. The summed E-state index contributed by atoms with van der Waals surface area (Å²) in [4.78, 5) is 32.2. The van der Waals surface area contributed by atoms with E-state index < -0.39 is 0 Å². The molecule has 2 aromatic carbocycles. The van der Waals surface area contributed by atoms with Crippen LogP contribution in [0, 0.1) is 5.82 Å². The first-order valence-electron chi connectivity index (χ1n) is 11.1. The third-order valence-electron chi connectivity index (χ3n) is 5.95. The molecule has 2 aliphatic rings. The van der Waals surface area contributed by atoms with Crippen LogP contribution in [-0.4, -0.2) is 44.6 Å². The summed E-state index contributed by atoms with van der Waals surface area (Å²) >= 11 is 1.43. The second kappa shape index (κ2) is 9.02. The number of carbonyl (C=O) groups excluding carboxylic acids is 2. The van der Waals surface area contributed by atoms with Crippen LogP contribution in [0.15, 0.2) is 59.9 Å². The Morgan fingerprint density at radius 3 is 2.39 bits per heavy atom. The Morgan fingerprint density at radius 1 is 1.09 bits per heavy atom. The highest BCUT2D eigenvalue weighted by Gasteiger charge is 2.35. The fourth-order valence-corrected chi connectivity index (χ4v) is 4.37. The van der Waals surface area contributed by atoms with Crippen molar-refractivity contribution in [3.63, 3.8) is 0 Å². The van der Waals surface area contributed by atoms with E-state index >= 15 is 0 Å². The molecule has 2 aliphatic carbocycles. The number of imidazole rings is 1. The molecule has 8 heteroatoms. The summed E-state index contributed by atoms with van der Waals surface area (Å²) in [7, 11) is 0. The normalized spacial score (nSPS) is 15.3. The minimum absolute atomic E-state index is 0.0491. The van der Waals surface area contributed by atoms with Crippen molar-refractivity contribution in [1.82, 2.24) is 19.8 Å². The smallest absolute Gasteiger partial charge is 0.273 e. The molecule has 3 aromatic rings. The molecule has 0 saturated heterocycles. The Bertz CT molecular complexity index is 1170. The number of hydrogen-bond donors (Lipinski definition) is 1. The number of halogens is 1. The minimum atomic E-state index is -0.327. The lowest BCUT2D eigenvalue weighted by Gasteiger charge is -2.23. The summed E-state index contributed by atoms with van der Waals surface area (Å²) in [6, 6.07) is 14.0. The van der Waals surface area contributed by atoms with Crippen LogP contribution < -0.4 is 5.32 Å². The molecule has 1 aromatic heterocycles. The average molecular weight is 465 g/mol. The Hall–Kier alpha value is -3.13. The zero-order valence-electron chi connectivity index (χ0n) is 18.3. The number of benzene rings is 2. The van der Waals surface area contributed by atoms with Gasteiger partial charge in [-0.2, -0.15) is 0 Å². The van der Waals surface area contributed by atoms with Gasteiger partial charge in [0.15, 0.2) is 5.16 Å². The van der Waals surface area contributed by atoms with Gasteiger partial charge in [0.25, 0.3) is 11.8 Å². The Labute approximate surface area is 196 Å². The van der Waals surface area contributed by atoms with Crippen LogP contribution in [0.1, 0.15) is 52.1 Å². The fraction of sp³-hybridized carbons (Fsp3) is 0.320. The number of thioether (sulfide) groups is 1. The number of hydrogen-bond acceptors (Lipinski definition) is 4. The van der Waals surface area contributed by atoms with E-state index in [1.807, 2.05) is 35.4 Å². The monoisotopic (exact) mass is 464 g/mol. The first-order valence-corrected chi connectivity index (χ1v) is 12.3. The highest BCUT2D eigenvalue weighted by atomic mass is 32.2. The van der Waals surface area contributed by atoms with Crippen molar-refractivity contribution in [1.29, 1.82) is 0 Å². The highest BCUT2D eigenvalue weighted by Crippen LogP contribution is 2.31. The molecule has 0 radical (unpaired) electrons. The molecule has 1 N–H and O–H groups in total. The van der Waals surface area contributed by atoms with Gasteiger partial charge in [-0.1, -0.05) is 23.9 Å². The van der Waals surface area contributed by atoms with E-state index in [9.17, 15) is 14.0 Å². The average Bonchev–Trinajstić information content (AvgIpc) is 3.77. The standard InChI is InChI=1S/C25H25FN4O2S/c1-33-25-27-14-22(30(25)21-10-6-18(26)7-11-21)24(32)29(20-12-13-20)15-16-2-4-17(5-3-16)23(31)28-19-8-9-19/h2-7,10-11,14,19-20H,8-9,12-13,15H2,1H3,(H,28,31). The number of carbonyl (C=O) groups is 2. The van der Waals surface area contributed by atoms with Crippen molar-refractivity contribution in [3.8, 4) is 5.69 Å². The number of amides is 2. The van der Waals surface area contributed by atoms with Gasteiger partial charge in [0.1, 0.15) is 11.5 Å². The van der Waals surface area contributed by atoms with E-state index in [1.54, 1.807) is 22.9 Å². The predicted octanol–water partition coefficient (Wildman–Crippen LogP) is 4.43. The van der Waals surface area contributed by atoms with Crippen molar-refractivity contribution in [2.75, 3.05) is 6.26 Å². The first-order chi connectivity index (χ1) is 16.0. The maximum atomic E-state index is 13.6. The molecule has 0 spiro atoms. The predicted molar refractivity (Wildman–Crippen MR) is 125 cm³/mol. The first kappa shape index (κ1) is 21.7. The number of nitrogens with zero attached hydrogens (tertiary/aromatic N) is 3. The second-order valence-corrected chi connectivity index (χ2v) is 9.32. The topological polar surface area (TPSA) is 67.2 Å². The maximum absolute atomic E-state index is 13.6. The summed E-state index contributed by atoms with van der Waals surface area (Å²) in [5.41, 5.74) is 2.76. The number of nitrogens with one attached hydrogen (secondary N) is 1. The Balaban J connectivity index is 1.38. The summed E-state index contributed by atoms with van der Waals surface area (Å²) in [6.07, 6.45) is 7.53. The molecule has 2 saturated carbocycles. The van der Waals surface area contributed by atoms with Gasteiger partial charge in [0.2, 0.25) is 0 Å². The van der Waals surface area contributed by atoms with Gasteiger partial charge in [-0.3, -0.25) is 14.2 Å². The highest BCUT2D eigenvalue weighted by molar-refractivity contribution is 7.98. The lowest BCUT2D eigenvalue weighted by atomic mass is 10.1. The molecule has 33 heavy (non-hydrogen) atoms. The van der Waals surface area contributed by atoms with Crippen molar-refractivity contribution in [2.45, 2.75) is 49.5 Å². The van der Waals surface area contributed by atoms with Crippen LogP contribution >= 0.6 is 11.8 Å².